The van der Waals surface area contributed by atoms with E-state index in [4.69, 9.17) is 5.73 Å². The summed E-state index contributed by atoms with van der Waals surface area (Å²) in [5.41, 5.74) is 7.23. The molecule has 1 aromatic rings. The molecule has 2 fully saturated rings. The molecule has 2 nitrogen and oxygen atoms in total. The molecule has 1 aromatic heterocycles. The third-order valence-corrected chi connectivity index (χ3v) is 4.01. The van der Waals surface area contributed by atoms with E-state index in [9.17, 15) is 0 Å². The lowest BCUT2D eigenvalue weighted by atomic mass is 9.84. The Morgan fingerprint density at radius 3 is 2.86 bits per heavy atom. The third kappa shape index (κ3) is 1.13. The minimum Gasteiger partial charge on any atom is -0.383 e. The van der Waals surface area contributed by atoms with Crippen molar-refractivity contribution < 1.29 is 0 Å². The largest absolute Gasteiger partial charge is 0.383 e. The number of fused-ring (bicyclic) bond motifs is 2. The minimum atomic E-state index is 0.711. The van der Waals surface area contributed by atoms with Crippen LogP contribution in [0.1, 0.15) is 37.2 Å². The number of pyridine rings is 1. The highest BCUT2D eigenvalue weighted by atomic mass is 14.8. The second-order valence-electron chi connectivity index (χ2n) is 4.76. The summed E-state index contributed by atoms with van der Waals surface area (Å²) in [7, 11) is 0. The van der Waals surface area contributed by atoms with Gasteiger partial charge in [0.05, 0.1) is 0 Å². The van der Waals surface area contributed by atoms with Crippen LogP contribution in [0.3, 0.4) is 0 Å². The van der Waals surface area contributed by atoms with Crippen LogP contribution in [0.25, 0.3) is 0 Å². The molecule has 2 aliphatic rings. The quantitative estimate of drug-likeness (QED) is 0.735. The average Bonchev–Trinajstić information content (AvgIpc) is 2.79. The zero-order valence-corrected chi connectivity index (χ0v) is 8.32. The second kappa shape index (κ2) is 2.97. The van der Waals surface area contributed by atoms with Crippen LogP contribution in [-0.2, 0) is 0 Å². The van der Waals surface area contributed by atoms with Crippen molar-refractivity contribution >= 4 is 5.82 Å². The summed E-state index contributed by atoms with van der Waals surface area (Å²) >= 11 is 0. The lowest BCUT2D eigenvalue weighted by Crippen LogP contribution is -2.11. The highest BCUT2D eigenvalue weighted by Crippen LogP contribution is 2.53. The molecule has 2 bridgehead atoms. The van der Waals surface area contributed by atoms with Crippen LogP contribution in [-0.4, -0.2) is 4.98 Å². The number of aromatic nitrogens is 1. The lowest BCUT2D eigenvalue weighted by molar-refractivity contribution is 0.420. The molecular formula is C12H16N2. The first-order valence-electron chi connectivity index (χ1n) is 5.55. The number of hydrogen-bond donors (Lipinski definition) is 1. The molecule has 0 radical (unpaired) electrons. The van der Waals surface area contributed by atoms with Gasteiger partial charge in [0.1, 0.15) is 5.82 Å². The molecule has 2 heteroatoms. The van der Waals surface area contributed by atoms with Crippen LogP contribution >= 0.6 is 0 Å². The SMILES string of the molecule is Nc1ncccc1C1CC2CCC1C2. The van der Waals surface area contributed by atoms with Crippen molar-refractivity contribution in [1.29, 1.82) is 0 Å². The fourth-order valence-corrected chi connectivity index (χ4v) is 3.37. The summed E-state index contributed by atoms with van der Waals surface area (Å²) in [6, 6.07) is 4.17. The second-order valence-corrected chi connectivity index (χ2v) is 4.76. The van der Waals surface area contributed by atoms with E-state index in [1.165, 1.54) is 31.2 Å². The van der Waals surface area contributed by atoms with Gasteiger partial charge < -0.3 is 5.73 Å². The maximum Gasteiger partial charge on any atom is 0.126 e. The van der Waals surface area contributed by atoms with Gasteiger partial charge in [0.2, 0.25) is 0 Å². The molecule has 2 aliphatic carbocycles. The van der Waals surface area contributed by atoms with E-state index in [0.29, 0.717) is 5.92 Å². The van der Waals surface area contributed by atoms with Gasteiger partial charge >= 0.3 is 0 Å². The first-order chi connectivity index (χ1) is 6.84. The van der Waals surface area contributed by atoms with Crippen LogP contribution in [0.15, 0.2) is 18.3 Å². The Morgan fingerprint density at radius 2 is 2.21 bits per heavy atom. The van der Waals surface area contributed by atoms with Crippen molar-refractivity contribution in [2.45, 2.75) is 31.6 Å². The Kier molecular flexibility index (Phi) is 1.76. The third-order valence-electron chi connectivity index (χ3n) is 4.01. The van der Waals surface area contributed by atoms with Gasteiger partial charge in [-0.15, -0.1) is 0 Å². The normalized spacial score (nSPS) is 35.0. The highest BCUT2D eigenvalue weighted by molar-refractivity contribution is 5.42. The van der Waals surface area contributed by atoms with Gasteiger partial charge in [-0.05, 0) is 48.6 Å². The van der Waals surface area contributed by atoms with Gasteiger partial charge in [-0.2, -0.15) is 0 Å². The van der Waals surface area contributed by atoms with Crippen molar-refractivity contribution in [3.63, 3.8) is 0 Å². The van der Waals surface area contributed by atoms with Crippen LogP contribution in [0.2, 0.25) is 0 Å². The number of hydrogen-bond acceptors (Lipinski definition) is 2. The van der Waals surface area contributed by atoms with E-state index in [1.807, 2.05) is 6.07 Å². The molecule has 14 heavy (non-hydrogen) atoms. The maximum atomic E-state index is 5.92. The summed E-state index contributed by atoms with van der Waals surface area (Å²) in [6.45, 7) is 0. The summed E-state index contributed by atoms with van der Waals surface area (Å²) in [5, 5.41) is 0. The monoisotopic (exact) mass is 188 g/mol. The Morgan fingerprint density at radius 1 is 1.29 bits per heavy atom. The Labute approximate surface area is 84.5 Å². The Hall–Kier alpha value is -1.05. The zero-order valence-electron chi connectivity index (χ0n) is 8.32. The maximum absolute atomic E-state index is 5.92. The van der Waals surface area contributed by atoms with Gasteiger partial charge in [-0.3, -0.25) is 0 Å². The molecule has 0 amide bonds. The Balaban J connectivity index is 1.93. The molecule has 3 unspecified atom stereocenters. The molecule has 0 saturated heterocycles. The fourth-order valence-electron chi connectivity index (χ4n) is 3.37. The van der Waals surface area contributed by atoms with Gasteiger partial charge in [-0.1, -0.05) is 12.5 Å². The summed E-state index contributed by atoms with van der Waals surface area (Å²) in [4.78, 5) is 4.19. The summed E-state index contributed by atoms with van der Waals surface area (Å²) in [5.74, 6) is 3.34. The van der Waals surface area contributed by atoms with E-state index >= 15 is 0 Å². The number of nitrogens with zero attached hydrogens (tertiary/aromatic N) is 1. The van der Waals surface area contributed by atoms with Crippen molar-refractivity contribution in [2.24, 2.45) is 11.8 Å². The van der Waals surface area contributed by atoms with Gasteiger partial charge in [-0.25, -0.2) is 4.98 Å². The van der Waals surface area contributed by atoms with E-state index in [0.717, 1.165) is 17.7 Å². The minimum absolute atomic E-state index is 0.711. The molecule has 0 spiro atoms. The standard InChI is InChI=1S/C12H16N2/c13-12-10(2-1-5-14-12)11-7-8-3-4-9(11)6-8/h1-2,5,8-9,11H,3-4,6-7H2,(H2,13,14). The molecular weight excluding hydrogens is 172 g/mol. The first-order valence-corrected chi connectivity index (χ1v) is 5.55. The number of anilines is 1. The molecule has 0 aromatic carbocycles. The highest BCUT2D eigenvalue weighted by Gasteiger charge is 2.40. The smallest absolute Gasteiger partial charge is 0.126 e. The van der Waals surface area contributed by atoms with E-state index < -0.39 is 0 Å². The zero-order chi connectivity index (χ0) is 9.54. The van der Waals surface area contributed by atoms with Gasteiger partial charge in [0.25, 0.3) is 0 Å². The first kappa shape index (κ1) is 8.27. The lowest BCUT2D eigenvalue weighted by Gasteiger charge is -2.22. The molecule has 3 rings (SSSR count). The Bertz CT molecular complexity index is 348. The van der Waals surface area contributed by atoms with Crippen LogP contribution in [0.4, 0.5) is 5.82 Å². The van der Waals surface area contributed by atoms with Crippen LogP contribution in [0, 0.1) is 11.8 Å². The van der Waals surface area contributed by atoms with Crippen molar-refractivity contribution in [2.75, 3.05) is 5.73 Å². The molecule has 1 heterocycles. The number of nitrogens with two attached hydrogens (primary N) is 1. The van der Waals surface area contributed by atoms with Gasteiger partial charge in [0.15, 0.2) is 0 Å². The molecule has 3 atom stereocenters. The fraction of sp³-hybridized carbons (Fsp3) is 0.583. The van der Waals surface area contributed by atoms with E-state index in [2.05, 4.69) is 11.1 Å². The predicted molar refractivity (Wildman–Crippen MR) is 56.8 cm³/mol. The average molecular weight is 188 g/mol. The van der Waals surface area contributed by atoms with Gasteiger partial charge in [0, 0.05) is 6.20 Å². The van der Waals surface area contributed by atoms with Crippen LogP contribution < -0.4 is 5.73 Å². The number of rotatable bonds is 1. The predicted octanol–water partition coefficient (Wildman–Crippen LogP) is 2.57. The summed E-state index contributed by atoms with van der Waals surface area (Å²) < 4.78 is 0. The van der Waals surface area contributed by atoms with Crippen molar-refractivity contribution in [1.82, 2.24) is 4.98 Å². The van der Waals surface area contributed by atoms with E-state index in [-0.39, 0.29) is 0 Å². The van der Waals surface area contributed by atoms with E-state index in [1.54, 1.807) is 6.20 Å². The molecule has 2 N–H and O–H groups in total. The molecule has 74 valence electrons. The van der Waals surface area contributed by atoms with Crippen LogP contribution in [0.5, 0.6) is 0 Å². The molecule has 0 aliphatic heterocycles. The summed E-state index contributed by atoms with van der Waals surface area (Å²) in [6.07, 6.45) is 7.41. The molecule has 2 saturated carbocycles. The topological polar surface area (TPSA) is 38.9 Å². The van der Waals surface area contributed by atoms with Crippen molar-refractivity contribution in [3.05, 3.63) is 23.9 Å². The van der Waals surface area contributed by atoms with Crippen molar-refractivity contribution in [3.8, 4) is 0 Å². The number of nitrogen functional groups attached to an aromatic ring is 1.